The molecule has 18 rings (SSSR count). The van der Waals surface area contributed by atoms with Gasteiger partial charge in [-0.1, -0.05) is 192 Å². The maximum Gasteiger partial charge on any atom is 0.328 e. The van der Waals surface area contributed by atoms with Crippen LogP contribution in [0.4, 0.5) is 69.3 Å². The highest BCUT2D eigenvalue weighted by molar-refractivity contribution is 6.28. The Morgan fingerprint density at radius 2 is 0.495 bits per heavy atom. The number of aromatic nitrogens is 8. The van der Waals surface area contributed by atoms with Crippen molar-refractivity contribution in [1.29, 1.82) is 0 Å². The zero-order chi connectivity index (χ0) is 74.2. The minimum absolute atomic E-state index is 0.115. The molecule has 0 unspecified atom stereocenters. The Kier molecular flexibility index (Phi) is 19.8. The number of anilines is 12. The van der Waals surface area contributed by atoms with Gasteiger partial charge in [0.1, 0.15) is 11.5 Å². The third-order valence-electron chi connectivity index (χ3n) is 18.7. The number of aryl methyl sites for hydroxylation is 4. The van der Waals surface area contributed by atoms with E-state index in [9.17, 15) is 5.11 Å². The standard InChI is InChI=1S/C47H36N6O.C27H20ClN5.C20H17NO/c1-33-23-29-43-41(31-33)42-32-34(2)24-30-44(42)53(43)39-25-27-40(28-26-39)54-47-49-45(51(35-15-7-3-8-16-35)36-17-9-4-10-18-36)48-46(50-47)52(37-19-11-5-12-20-37)38-21-13-6-14-22-38;28-25-29-26(32(21-13-5-1-6-14-21)22-15-7-2-8-16-22)31-27(30-25)33(23-17-9-3-10-18-23)24-19-11-4-12-20-24;1-13-3-9-19-17(11-13)18-12-14(2)4-10-20(18)21(19)15-5-7-16(22)8-6-15/h3-32H,1-2H3;1-20H;3-12,22H,1-2H3. The maximum absolute atomic E-state index is 9.54. The van der Waals surface area contributed by atoms with E-state index < -0.39 is 0 Å². The molecule has 0 radical (unpaired) electrons. The summed E-state index contributed by atoms with van der Waals surface area (Å²) in [5, 5.41) is 14.7. The molecule has 0 fully saturated rings. The molecule has 0 aliphatic heterocycles. The van der Waals surface area contributed by atoms with Crippen LogP contribution in [0, 0.1) is 27.7 Å². The fourth-order valence-corrected chi connectivity index (χ4v) is 13.8. The van der Waals surface area contributed by atoms with E-state index in [1.54, 1.807) is 12.1 Å². The first-order valence-electron chi connectivity index (χ1n) is 35.9. The number of hydrogen-bond acceptors (Lipinski definition) is 12. The number of fused-ring (bicyclic) bond motifs is 6. The van der Waals surface area contributed by atoms with Crippen molar-refractivity contribution in [3.63, 3.8) is 0 Å². The van der Waals surface area contributed by atoms with E-state index in [0.29, 0.717) is 29.5 Å². The Hall–Kier alpha value is -14.2. The van der Waals surface area contributed by atoms with Gasteiger partial charge in [-0.05, 0) is 233 Å². The number of benzene rings is 14. The molecule has 109 heavy (non-hydrogen) atoms. The third-order valence-corrected chi connectivity index (χ3v) is 18.8. The normalized spacial score (nSPS) is 11.0. The summed E-state index contributed by atoms with van der Waals surface area (Å²) in [5.74, 6) is 2.58. The quantitative estimate of drug-likeness (QED) is 0.0988. The van der Waals surface area contributed by atoms with Crippen molar-refractivity contribution >= 4 is 125 Å². The molecule has 0 aliphatic rings. The van der Waals surface area contributed by atoms with Crippen LogP contribution in [0.2, 0.25) is 5.28 Å². The monoisotopic (exact) mass is 1440 g/mol. The summed E-state index contributed by atoms with van der Waals surface area (Å²) in [5.41, 5.74) is 19.1. The van der Waals surface area contributed by atoms with Gasteiger partial charge in [-0.3, -0.25) is 19.6 Å². The van der Waals surface area contributed by atoms with Crippen molar-refractivity contribution in [1.82, 2.24) is 39.0 Å². The molecule has 4 aromatic heterocycles. The summed E-state index contributed by atoms with van der Waals surface area (Å²) in [4.78, 5) is 36.9. The van der Waals surface area contributed by atoms with Crippen LogP contribution in [-0.2, 0) is 0 Å². The summed E-state index contributed by atoms with van der Waals surface area (Å²) in [7, 11) is 0. The number of hydrogen-bond donors (Lipinski definition) is 1. The summed E-state index contributed by atoms with van der Waals surface area (Å²) < 4.78 is 11.1. The van der Waals surface area contributed by atoms with E-state index >= 15 is 0 Å². The summed E-state index contributed by atoms with van der Waals surface area (Å²) in [6.45, 7) is 8.53. The maximum atomic E-state index is 9.54. The topological polar surface area (TPSA) is 130 Å². The van der Waals surface area contributed by atoms with Gasteiger partial charge in [0.05, 0.1) is 22.1 Å². The summed E-state index contributed by atoms with van der Waals surface area (Å²) in [6, 6.07) is 122. The predicted octanol–water partition coefficient (Wildman–Crippen LogP) is 24.9. The van der Waals surface area contributed by atoms with Crippen molar-refractivity contribution in [2.24, 2.45) is 0 Å². The molecule has 14 nitrogen and oxygen atoms in total. The van der Waals surface area contributed by atoms with Gasteiger partial charge in [-0.25, -0.2) is 0 Å². The molecule has 0 spiro atoms. The van der Waals surface area contributed by atoms with Crippen LogP contribution in [0.5, 0.6) is 17.5 Å². The van der Waals surface area contributed by atoms with E-state index in [1.807, 2.05) is 287 Å². The number of nitrogens with zero attached hydrogens (tertiary/aromatic N) is 12. The molecule has 14 aromatic carbocycles. The number of rotatable bonds is 16. The molecule has 0 amide bonds. The van der Waals surface area contributed by atoms with Gasteiger partial charge in [-0.2, -0.15) is 29.9 Å². The Bertz CT molecular complexity index is 5670. The lowest BCUT2D eigenvalue weighted by molar-refractivity contribution is 0.440. The number of phenols is 1. The molecule has 0 saturated carbocycles. The second-order valence-electron chi connectivity index (χ2n) is 26.3. The van der Waals surface area contributed by atoms with Crippen molar-refractivity contribution in [2.75, 3.05) is 19.6 Å². The van der Waals surface area contributed by atoms with Crippen LogP contribution in [0.15, 0.2) is 364 Å². The third kappa shape index (κ3) is 15.0. The van der Waals surface area contributed by atoms with Gasteiger partial charge in [-0.15, -0.1) is 0 Å². The summed E-state index contributed by atoms with van der Waals surface area (Å²) >= 11 is 6.47. The predicted molar refractivity (Wildman–Crippen MR) is 446 cm³/mol. The van der Waals surface area contributed by atoms with Crippen molar-refractivity contribution in [3.05, 3.63) is 392 Å². The second-order valence-corrected chi connectivity index (χ2v) is 26.7. The smallest absolute Gasteiger partial charge is 0.328 e. The molecule has 0 atom stereocenters. The molecule has 15 heteroatoms. The van der Waals surface area contributed by atoms with Crippen LogP contribution >= 0.6 is 11.6 Å². The highest BCUT2D eigenvalue weighted by Crippen LogP contribution is 2.42. The average molecular weight is 1440 g/mol. The molecular formula is C94H73ClN12O2. The molecule has 0 bridgehead atoms. The van der Waals surface area contributed by atoms with Gasteiger partial charge in [0.25, 0.3) is 0 Å². The van der Waals surface area contributed by atoms with E-state index in [2.05, 4.69) is 132 Å². The van der Waals surface area contributed by atoms with Crippen LogP contribution in [0.1, 0.15) is 22.3 Å². The van der Waals surface area contributed by atoms with E-state index in [0.717, 1.165) is 67.9 Å². The second kappa shape index (κ2) is 31.2. The first kappa shape index (κ1) is 69.2. The lowest BCUT2D eigenvalue weighted by Crippen LogP contribution is -2.19. The molecule has 0 aliphatic carbocycles. The number of phenolic OH excluding ortho intramolecular Hbond substituents is 1. The van der Waals surface area contributed by atoms with E-state index in [-0.39, 0.29) is 17.0 Å². The van der Waals surface area contributed by atoms with Gasteiger partial charge < -0.3 is 19.0 Å². The zero-order valence-electron chi connectivity index (χ0n) is 60.2. The number of para-hydroxylation sites is 8. The average Bonchev–Trinajstić information content (AvgIpc) is 1.59. The minimum Gasteiger partial charge on any atom is -0.508 e. The van der Waals surface area contributed by atoms with Gasteiger partial charge in [0.15, 0.2) is 0 Å². The Morgan fingerprint density at radius 1 is 0.266 bits per heavy atom. The minimum atomic E-state index is 0.115. The fraction of sp³-hybridized carbons (Fsp3) is 0.0426. The van der Waals surface area contributed by atoms with Crippen LogP contribution in [0.25, 0.3) is 55.0 Å². The Balaban J connectivity index is 0.000000139. The van der Waals surface area contributed by atoms with Crippen molar-refractivity contribution in [3.8, 4) is 28.9 Å². The van der Waals surface area contributed by atoms with E-state index in [4.69, 9.17) is 36.3 Å². The largest absolute Gasteiger partial charge is 0.508 e. The molecule has 18 aromatic rings. The van der Waals surface area contributed by atoms with Gasteiger partial charge in [0, 0.05) is 78.4 Å². The molecule has 0 saturated heterocycles. The molecule has 1 N–H and O–H groups in total. The number of aromatic hydroxyl groups is 1. The van der Waals surface area contributed by atoms with Crippen LogP contribution in [0.3, 0.4) is 0 Å². The molecule has 528 valence electrons. The SMILES string of the molecule is Cc1ccc2c(c1)c1cc(C)ccc1n2-c1ccc(O)cc1.Cc1ccc2c(c1)c1cc(C)ccc1n2-c1ccc(Oc2nc(N(c3ccccc3)c3ccccc3)nc(N(c3ccccc3)c3ccccc3)n2)cc1.Clc1nc(N(c2ccccc2)c2ccccc2)nc(N(c2ccccc2)c2ccccc2)n1. The summed E-state index contributed by atoms with van der Waals surface area (Å²) in [6.07, 6.45) is 0. The zero-order valence-corrected chi connectivity index (χ0v) is 61.0. The van der Waals surface area contributed by atoms with Gasteiger partial charge in [0.2, 0.25) is 29.1 Å². The lowest BCUT2D eigenvalue weighted by atomic mass is 10.1. The highest BCUT2D eigenvalue weighted by Gasteiger charge is 2.26. The van der Waals surface area contributed by atoms with E-state index in [1.165, 1.54) is 54.8 Å². The lowest BCUT2D eigenvalue weighted by Gasteiger charge is -2.27. The molecular weight excluding hydrogens is 1360 g/mol. The number of ether oxygens (including phenoxy) is 1. The van der Waals surface area contributed by atoms with Crippen LogP contribution < -0.4 is 24.3 Å². The first-order chi connectivity index (χ1) is 53.5. The van der Waals surface area contributed by atoms with Crippen LogP contribution in [-0.4, -0.2) is 44.1 Å². The Morgan fingerprint density at radius 3 is 0.743 bits per heavy atom. The number of halogens is 1. The van der Waals surface area contributed by atoms with Crippen molar-refractivity contribution < 1.29 is 9.84 Å². The fourth-order valence-electron chi connectivity index (χ4n) is 13.7. The Labute approximate surface area is 637 Å². The first-order valence-corrected chi connectivity index (χ1v) is 36.3. The molecule has 4 heterocycles. The highest BCUT2D eigenvalue weighted by atomic mass is 35.5. The van der Waals surface area contributed by atoms with Crippen molar-refractivity contribution in [2.45, 2.75) is 27.7 Å². The van der Waals surface area contributed by atoms with Gasteiger partial charge >= 0.3 is 6.01 Å².